The molecule has 0 aliphatic rings. The van der Waals surface area contributed by atoms with Gasteiger partial charge in [-0.15, -0.1) is 10.2 Å². The van der Waals surface area contributed by atoms with Crippen molar-refractivity contribution in [3.8, 4) is 22.9 Å². The van der Waals surface area contributed by atoms with Crippen LogP contribution in [0.3, 0.4) is 0 Å². The van der Waals surface area contributed by atoms with Gasteiger partial charge in [0.2, 0.25) is 0 Å². The van der Waals surface area contributed by atoms with Gasteiger partial charge in [-0.2, -0.15) is 5.10 Å². The Bertz CT molecular complexity index is 1180. The first-order chi connectivity index (χ1) is 16.5. The molecule has 11 heteroatoms. The SMILES string of the molecule is CCn1c(SCC(=O)N/N=C/c2ccc(C(=O)OC)cc2)nnc1-c1ccc(OC)c(OC)c1. The predicted molar refractivity (Wildman–Crippen MR) is 128 cm³/mol. The van der Waals surface area contributed by atoms with Crippen LogP contribution in [0.4, 0.5) is 0 Å². The molecule has 2 aromatic carbocycles. The maximum absolute atomic E-state index is 12.2. The molecule has 0 bridgehead atoms. The number of aromatic nitrogens is 3. The number of amides is 1. The van der Waals surface area contributed by atoms with Gasteiger partial charge in [-0.05, 0) is 42.8 Å². The highest BCUT2D eigenvalue weighted by atomic mass is 32.2. The van der Waals surface area contributed by atoms with Crippen LogP contribution >= 0.6 is 11.8 Å². The molecule has 10 nitrogen and oxygen atoms in total. The number of thioether (sulfide) groups is 1. The van der Waals surface area contributed by atoms with Crippen molar-refractivity contribution in [2.75, 3.05) is 27.1 Å². The standard InChI is InChI=1S/C23H25N5O5S/c1-5-28-21(17-10-11-18(31-2)19(12-17)32-3)26-27-23(28)34-14-20(29)25-24-13-15-6-8-16(9-7-15)22(30)33-4/h6-13H,5,14H2,1-4H3,(H,25,29)/b24-13+. The van der Waals surface area contributed by atoms with Crippen LogP contribution in [0.5, 0.6) is 11.5 Å². The number of hydrazone groups is 1. The zero-order chi connectivity index (χ0) is 24.5. The van der Waals surface area contributed by atoms with Crippen molar-refractivity contribution < 1.29 is 23.8 Å². The Labute approximate surface area is 201 Å². The van der Waals surface area contributed by atoms with Crippen LogP contribution in [0.25, 0.3) is 11.4 Å². The number of hydrogen-bond donors (Lipinski definition) is 1. The highest BCUT2D eigenvalue weighted by molar-refractivity contribution is 7.99. The fraction of sp³-hybridized carbons (Fsp3) is 0.261. The van der Waals surface area contributed by atoms with E-state index in [1.54, 1.807) is 38.5 Å². The number of methoxy groups -OCH3 is 3. The molecular formula is C23H25N5O5S. The fourth-order valence-corrected chi connectivity index (χ4v) is 3.83. The number of ether oxygens (including phenoxy) is 3. The van der Waals surface area contributed by atoms with Gasteiger partial charge in [-0.3, -0.25) is 4.79 Å². The van der Waals surface area contributed by atoms with Crippen LogP contribution in [0.2, 0.25) is 0 Å². The van der Waals surface area contributed by atoms with E-state index >= 15 is 0 Å². The van der Waals surface area contributed by atoms with E-state index in [-0.39, 0.29) is 11.7 Å². The van der Waals surface area contributed by atoms with Gasteiger partial charge in [-0.1, -0.05) is 23.9 Å². The Morgan fingerprint density at radius 2 is 1.79 bits per heavy atom. The normalized spacial score (nSPS) is 10.8. The van der Waals surface area contributed by atoms with E-state index in [0.717, 1.165) is 11.1 Å². The fourth-order valence-electron chi connectivity index (χ4n) is 3.03. The second kappa shape index (κ2) is 11.8. The third-order valence-corrected chi connectivity index (χ3v) is 5.71. The average molecular weight is 484 g/mol. The number of hydrogen-bond acceptors (Lipinski definition) is 9. The van der Waals surface area contributed by atoms with Crippen LogP contribution < -0.4 is 14.9 Å². The number of esters is 1. The highest BCUT2D eigenvalue weighted by Gasteiger charge is 2.16. The monoisotopic (exact) mass is 483 g/mol. The number of benzene rings is 2. The zero-order valence-corrected chi connectivity index (χ0v) is 20.1. The molecule has 0 saturated carbocycles. The van der Waals surface area contributed by atoms with E-state index in [4.69, 9.17) is 9.47 Å². The van der Waals surface area contributed by atoms with Gasteiger partial charge < -0.3 is 18.8 Å². The van der Waals surface area contributed by atoms with E-state index in [0.29, 0.717) is 34.6 Å². The van der Waals surface area contributed by atoms with Crippen LogP contribution in [0, 0.1) is 0 Å². The molecule has 0 spiro atoms. The number of nitrogens with zero attached hydrogens (tertiary/aromatic N) is 4. The quantitative estimate of drug-likeness (QED) is 0.202. The molecule has 0 aliphatic carbocycles. The summed E-state index contributed by atoms with van der Waals surface area (Å²) in [6.07, 6.45) is 1.49. The minimum atomic E-state index is -0.414. The lowest BCUT2D eigenvalue weighted by Gasteiger charge is -2.10. The smallest absolute Gasteiger partial charge is 0.337 e. The van der Waals surface area contributed by atoms with Gasteiger partial charge in [-0.25, -0.2) is 10.2 Å². The summed E-state index contributed by atoms with van der Waals surface area (Å²) in [6, 6.07) is 12.2. The summed E-state index contributed by atoms with van der Waals surface area (Å²) in [5.41, 5.74) is 4.47. The first kappa shape index (κ1) is 24.8. The molecule has 1 aromatic heterocycles. The van der Waals surface area contributed by atoms with Crippen molar-refractivity contribution >= 4 is 29.9 Å². The van der Waals surface area contributed by atoms with Crippen molar-refractivity contribution in [3.63, 3.8) is 0 Å². The number of rotatable bonds is 10. The van der Waals surface area contributed by atoms with E-state index in [9.17, 15) is 9.59 Å². The summed E-state index contributed by atoms with van der Waals surface area (Å²) in [4.78, 5) is 23.7. The van der Waals surface area contributed by atoms with Crippen LogP contribution in [-0.2, 0) is 16.1 Å². The Kier molecular flexibility index (Phi) is 8.63. The lowest BCUT2D eigenvalue weighted by atomic mass is 10.1. The average Bonchev–Trinajstić information content (AvgIpc) is 3.29. The maximum atomic E-state index is 12.2. The molecule has 0 unspecified atom stereocenters. The summed E-state index contributed by atoms with van der Waals surface area (Å²) < 4.78 is 17.2. The Hall–Kier alpha value is -3.86. The van der Waals surface area contributed by atoms with Crippen LogP contribution in [0.15, 0.2) is 52.7 Å². The van der Waals surface area contributed by atoms with E-state index < -0.39 is 5.97 Å². The maximum Gasteiger partial charge on any atom is 0.337 e. The van der Waals surface area contributed by atoms with Gasteiger partial charge in [0.15, 0.2) is 22.5 Å². The molecular weight excluding hydrogens is 458 g/mol. The molecule has 0 radical (unpaired) electrons. The minimum Gasteiger partial charge on any atom is -0.493 e. The second-order valence-electron chi connectivity index (χ2n) is 6.82. The van der Waals surface area contributed by atoms with E-state index in [1.165, 1.54) is 25.1 Å². The molecule has 1 heterocycles. The zero-order valence-electron chi connectivity index (χ0n) is 19.3. The molecule has 0 fully saturated rings. The van der Waals surface area contributed by atoms with Crippen molar-refractivity contribution in [3.05, 3.63) is 53.6 Å². The molecule has 0 saturated heterocycles. The predicted octanol–water partition coefficient (Wildman–Crippen LogP) is 3.01. The number of carbonyl (C=O) groups excluding carboxylic acids is 2. The topological polar surface area (TPSA) is 117 Å². The van der Waals surface area contributed by atoms with E-state index in [2.05, 4.69) is 25.5 Å². The summed E-state index contributed by atoms with van der Waals surface area (Å²) in [5.74, 6) is 1.30. The van der Waals surface area contributed by atoms with Crippen molar-refractivity contribution in [2.45, 2.75) is 18.6 Å². The van der Waals surface area contributed by atoms with Crippen molar-refractivity contribution in [2.24, 2.45) is 5.10 Å². The Morgan fingerprint density at radius 1 is 1.06 bits per heavy atom. The van der Waals surface area contributed by atoms with Crippen LogP contribution in [0.1, 0.15) is 22.8 Å². The number of carbonyl (C=O) groups is 2. The van der Waals surface area contributed by atoms with Crippen molar-refractivity contribution in [1.29, 1.82) is 0 Å². The first-order valence-electron chi connectivity index (χ1n) is 10.3. The summed E-state index contributed by atoms with van der Waals surface area (Å²) >= 11 is 1.26. The largest absolute Gasteiger partial charge is 0.493 e. The third kappa shape index (κ3) is 5.93. The summed E-state index contributed by atoms with van der Waals surface area (Å²) in [7, 11) is 4.48. The minimum absolute atomic E-state index is 0.114. The molecule has 0 aliphatic heterocycles. The Balaban J connectivity index is 1.60. The lowest BCUT2D eigenvalue weighted by molar-refractivity contribution is -0.118. The molecule has 0 atom stereocenters. The molecule has 178 valence electrons. The van der Waals surface area contributed by atoms with Gasteiger partial charge >= 0.3 is 5.97 Å². The van der Waals surface area contributed by atoms with Crippen LogP contribution in [-0.4, -0.2) is 59.9 Å². The third-order valence-electron chi connectivity index (χ3n) is 4.74. The second-order valence-corrected chi connectivity index (χ2v) is 7.76. The molecule has 1 amide bonds. The molecule has 3 rings (SSSR count). The molecule has 1 N–H and O–H groups in total. The number of nitrogens with one attached hydrogen (secondary N) is 1. The van der Waals surface area contributed by atoms with Gasteiger partial charge in [0, 0.05) is 12.1 Å². The molecule has 34 heavy (non-hydrogen) atoms. The van der Waals surface area contributed by atoms with Gasteiger partial charge in [0.05, 0.1) is 38.9 Å². The van der Waals surface area contributed by atoms with Crippen molar-refractivity contribution in [1.82, 2.24) is 20.2 Å². The van der Waals surface area contributed by atoms with Gasteiger partial charge in [0.25, 0.3) is 5.91 Å². The Morgan fingerprint density at radius 3 is 2.44 bits per heavy atom. The van der Waals surface area contributed by atoms with E-state index in [1.807, 2.05) is 29.7 Å². The first-order valence-corrected chi connectivity index (χ1v) is 11.3. The summed E-state index contributed by atoms with van der Waals surface area (Å²) in [6.45, 7) is 2.61. The van der Waals surface area contributed by atoms with Gasteiger partial charge in [0.1, 0.15) is 0 Å². The lowest BCUT2D eigenvalue weighted by Crippen LogP contribution is -2.20. The molecule has 3 aromatic rings. The highest BCUT2D eigenvalue weighted by Crippen LogP contribution is 2.32. The summed E-state index contributed by atoms with van der Waals surface area (Å²) in [5, 5.41) is 13.1.